The van der Waals surface area contributed by atoms with Gasteiger partial charge in [-0.3, -0.25) is 0 Å². The van der Waals surface area contributed by atoms with E-state index in [0.717, 1.165) is 18.5 Å². The second-order valence-corrected chi connectivity index (χ2v) is 3.89. The van der Waals surface area contributed by atoms with Gasteiger partial charge >= 0.3 is 0 Å². The summed E-state index contributed by atoms with van der Waals surface area (Å²) in [5.41, 5.74) is 0.871. The molecule has 2 heterocycles. The highest BCUT2D eigenvalue weighted by Gasteiger charge is 2.22. The summed E-state index contributed by atoms with van der Waals surface area (Å²) >= 11 is 5.89. The molecule has 0 spiro atoms. The number of anilines is 1. The third kappa shape index (κ3) is 1.81. The average molecular weight is 214 g/mol. The molecule has 2 rings (SSSR count). The van der Waals surface area contributed by atoms with Crippen LogP contribution in [0.4, 0.5) is 5.95 Å². The minimum absolute atomic E-state index is 0.265. The molecule has 1 aliphatic rings. The molecule has 5 heteroatoms. The lowest BCUT2D eigenvalue weighted by molar-refractivity contribution is 0.198. The Kier molecular flexibility index (Phi) is 2.56. The number of rotatable bonds is 1. The molecule has 1 atom stereocenters. The minimum atomic E-state index is -0.265. The van der Waals surface area contributed by atoms with Gasteiger partial charge in [0.25, 0.3) is 0 Å². The predicted octanol–water partition coefficient (Wildman–Crippen LogP) is 1.01. The zero-order chi connectivity index (χ0) is 10.1. The maximum absolute atomic E-state index is 9.35. The molecule has 0 amide bonds. The normalized spacial score (nSPS) is 21.6. The lowest BCUT2D eigenvalue weighted by atomic mass is 10.3. The van der Waals surface area contributed by atoms with Crippen molar-refractivity contribution in [2.24, 2.45) is 0 Å². The second kappa shape index (κ2) is 3.71. The summed E-state index contributed by atoms with van der Waals surface area (Å²) in [6.07, 6.45) is 2.21. The lowest BCUT2D eigenvalue weighted by Gasteiger charge is -2.15. The van der Waals surface area contributed by atoms with Crippen LogP contribution in [0.15, 0.2) is 6.20 Å². The number of aliphatic hydroxyl groups is 1. The fourth-order valence-corrected chi connectivity index (χ4v) is 1.61. The molecular formula is C9H12ClN3O. The Labute approximate surface area is 87.5 Å². The zero-order valence-electron chi connectivity index (χ0n) is 7.94. The maximum atomic E-state index is 9.35. The van der Waals surface area contributed by atoms with Gasteiger partial charge in [-0.05, 0) is 13.3 Å². The summed E-state index contributed by atoms with van der Waals surface area (Å²) in [6.45, 7) is 3.25. The summed E-state index contributed by atoms with van der Waals surface area (Å²) in [5, 5.41) is 9.84. The Hall–Kier alpha value is -0.870. The predicted molar refractivity (Wildman–Crippen MR) is 54.6 cm³/mol. The van der Waals surface area contributed by atoms with Gasteiger partial charge < -0.3 is 10.0 Å². The molecule has 0 bridgehead atoms. The first-order valence-corrected chi connectivity index (χ1v) is 4.97. The van der Waals surface area contributed by atoms with Crippen LogP contribution in [0.25, 0.3) is 0 Å². The van der Waals surface area contributed by atoms with Crippen molar-refractivity contribution in [2.45, 2.75) is 19.4 Å². The molecule has 1 saturated heterocycles. The van der Waals surface area contributed by atoms with Crippen LogP contribution in [0.3, 0.4) is 0 Å². The summed E-state index contributed by atoms with van der Waals surface area (Å²) in [5.74, 6) is 0.608. The van der Waals surface area contributed by atoms with Gasteiger partial charge in [-0.2, -0.15) is 0 Å². The van der Waals surface area contributed by atoms with Crippen LogP contribution < -0.4 is 4.90 Å². The van der Waals surface area contributed by atoms with Crippen molar-refractivity contribution >= 4 is 17.5 Å². The quantitative estimate of drug-likeness (QED) is 0.708. The number of aryl methyl sites for hydroxylation is 1. The van der Waals surface area contributed by atoms with E-state index in [-0.39, 0.29) is 6.10 Å². The van der Waals surface area contributed by atoms with Gasteiger partial charge in [0.05, 0.1) is 6.10 Å². The topological polar surface area (TPSA) is 49.2 Å². The number of β-amino-alcohol motifs (C(OH)–C–C–N with tert-alkyl or cyclic N) is 1. The first-order valence-electron chi connectivity index (χ1n) is 4.59. The van der Waals surface area contributed by atoms with Gasteiger partial charge in [-0.25, -0.2) is 9.97 Å². The van der Waals surface area contributed by atoms with Crippen LogP contribution in [-0.4, -0.2) is 34.3 Å². The third-order valence-corrected chi connectivity index (χ3v) is 2.73. The first kappa shape index (κ1) is 9.68. The molecule has 1 fully saturated rings. The van der Waals surface area contributed by atoms with Crippen LogP contribution >= 0.6 is 11.6 Å². The molecule has 14 heavy (non-hydrogen) atoms. The minimum Gasteiger partial charge on any atom is -0.391 e. The van der Waals surface area contributed by atoms with Crippen molar-refractivity contribution < 1.29 is 5.11 Å². The van der Waals surface area contributed by atoms with Crippen molar-refractivity contribution in [2.75, 3.05) is 18.0 Å². The molecule has 1 unspecified atom stereocenters. The Balaban J connectivity index is 2.20. The summed E-state index contributed by atoms with van der Waals surface area (Å²) < 4.78 is 0. The molecule has 1 aliphatic heterocycles. The van der Waals surface area contributed by atoms with Gasteiger partial charge in [0.1, 0.15) is 5.15 Å². The number of halogens is 1. The van der Waals surface area contributed by atoms with E-state index in [1.165, 1.54) is 0 Å². The van der Waals surface area contributed by atoms with Crippen LogP contribution in [0.1, 0.15) is 12.0 Å². The highest BCUT2D eigenvalue weighted by molar-refractivity contribution is 6.30. The third-order valence-electron chi connectivity index (χ3n) is 2.34. The Morgan fingerprint density at radius 3 is 3.00 bits per heavy atom. The van der Waals surface area contributed by atoms with E-state index >= 15 is 0 Å². The van der Waals surface area contributed by atoms with Crippen molar-refractivity contribution in [1.82, 2.24) is 9.97 Å². The Morgan fingerprint density at radius 2 is 2.43 bits per heavy atom. The summed E-state index contributed by atoms with van der Waals surface area (Å²) in [4.78, 5) is 10.3. The summed E-state index contributed by atoms with van der Waals surface area (Å²) in [6, 6.07) is 0. The van der Waals surface area contributed by atoms with E-state index in [1.54, 1.807) is 6.20 Å². The van der Waals surface area contributed by atoms with E-state index in [0.29, 0.717) is 17.6 Å². The van der Waals surface area contributed by atoms with Crippen LogP contribution in [-0.2, 0) is 0 Å². The van der Waals surface area contributed by atoms with Crippen LogP contribution in [0.2, 0.25) is 5.15 Å². The van der Waals surface area contributed by atoms with Gasteiger partial charge in [-0.1, -0.05) is 11.6 Å². The SMILES string of the molecule is Cc1cnc(N2CCC(O)C2)nc1Cl. The van der Waals surface area contributed by atoms with Crippen molar-refractivity contribution in [3.8, 4) is 0 Å². The molecule has 0 aliphatic carbocycles. The molecule has 4 nitrogen and oxygen atoms in total. The van der Waals surface area contributed by atoms with Gasteiger partial charge in [-0.15, -0.1) is 0 Å². The van der Waals surface area contributed by atoms with E-state index < -0.39 is 0 Å². The van der Waals surface area contributed by atoms with Crippen LogP contribution in [0, 0.1) is 6.92 Å². The second-order valence-electron chi connectivity index (χ2n) is 3.53. The maximum Gasteiger partial charge on any atom is 0.226 e. The lowest BCUT2D eigenvalue weighted by Crippen LogP contribution is -2.23. The van der Waals surface area contributed by atoms with Crippen LogP contribution in [0.5, 0.6) is 0 Å². The van der Waals surface area contributed by atoms with E-state index in [1.807, 2.05) is 11.8 Å². The van der Waals surface area contributed by atoms with Crippen molar-refractivity contribution in [1.29, 1.82) is 0 Å². The Bertz CT molecular complexity index is 345. The van der Waals surface area contributed by atoms with E-state index in [9.17, 15) is 5.11 Å². The van der Waals surface area contributed by atoms with Gasteiger partial charge in [0.2, 0.25) is 5.95 Å². The first-order chi connectivity index (χ1) is 6.66. The monoisotopic (exact) mass is 213 g/mol. The molecule has 1 N–H and O–H groups in total. The zero-order valence-corrected chi connectivity index (χ0v) is 8.70. The van der Waals surface area contributed by atoms with Crippen molar-refractivity contribution in [3.63, 3.8) is 0 Å². The number of aromatic nitrogens is 2. The van der Waals surface area contributed by atoms with E-state index in [4.69, 9.17) is 11.6 Å². The Morgan fingerprint density at radius 1 is 1.64 bits per heavy atom. The fourth-order valence-electron chi connectivity index (χ4n) is 1.49. The largest absolute Gasteiger partial charge is 0.391 e. The molecule has 0 aromatic carbocycles. The molecular weight excluding hydrogens is 202 g/mol. The average Bonchev–Trinajstić information content (AvgIpc) is 2.57. The molecule has 76 valence electrons. The molecule has 0 radical (unpaired) electrons. The molecule has 0 saturated carbocycles. The standard InChI is InChI=1S/C9H12ClN3O/c1-6-4-11-9(12-8(6)10)13-3-2-7(14)5-13/h4,7,14H,2-3,5H2,1H3. The van der Waals surface area contributed by atoms with Gasteiger partial charge in [0, 0.05) is 24.8 Å². The highest BCUT2D eigenvalue weighted by atomic mass is 35.5. The smallest absolute Gasteiger partial charge is 0.226 e. The molecule has 1 aromatic heterocycles. The number of hydrogen-bond donors (Lipinski definition) is 1. The number of aliphatic hydroxyl groups excluding tert-OH is 1. The fraction of sp³-hybridized carbons (Fsp3) is 0.556. The number of nitrogens with zero attached hydrogens (tertiary/aromatic N) is 3. The summed E-state index contributed by atoms with van der Waals surface area (Å²) in [7, 11) is 0. The van der Waals surface area contributed by atoms with E-state index in [2.05, 4.69) is 9.97 Å². The highest BCUT2D eigenvalue weighted by Crippen LogP contribution is 2.19. The molecule has 1 aromatic rings. The number of hydrogen-bond acceptors (Lipinski definition) is 4. The van der Waals surface area contributed by atoms with Crippen molar-refractivity contribution in [3.05, 3.63) is 16.9 Å². The van der Waals surface area contributed by atoms with Gasteiger partial charge in [0.15, 0.2) is 0 Å².